The van der Waals surface area contributed by atoms with Gasteiger partial charge in [-0.15, -0.1) is 11.3 Å². The molecule has 4 nitrogen and oxygen atoms in total. The van der Waals surface area contributed by atoms with Gasteiger partial charge in [-0.3, -0.25) is 4.79 Å². The van der Waals surface area contributed by atoms with Gasteiger partial charge in [0.2, 0.25) is 5.91 Å². The number of thiazole rings is 1. The van der Waals surface area contributed by atoms with E-state index in [0.717, 1.165) is 23.4 Å². The van der Waals surface area contributed by atoms with Crippen LogP contribution in [0.2, 0.25) is 0 Å². The summed E-state index contributed by atoms with van der Waals surface area (Å²) >= 11 is 1.77. The standard InChI is InChI=1S/C25H37N3OS/c1-15(2)26-23-27-20(14-30-23)19-8-7-17-16-6-9-21-25(4,13-11-22(29)28(21)5)18(16)10-12-24(17,19)3/h11,13-19,21H,6-10,12H2,1-5H3,(H,26,27)/t16-,17-,18+,19?,21?,24-,25+/m0/s1. The summed E-state index contributed by atoms with van der Waals surface area (Å²) in [4.78, 5) is 19.3. The molecule has 7 atom stereocenters. The first-order valence-electron chi connectivity index (χ1n) is 11.9. The number of amides is 1. The minimum absolute atomic E-state index is 0.139. The van der Waals surface area contributed by atoms with Crippen molar-refractivity contribution in [2.45, 2.75) is 84.2 Å². The zero-order chi connectivity index (χ0) is 21.3. The molecule has 0 aromatic carbocycles. The first-order chi connectivity index (χ1) is 14.2. The second-order valence-electron chi connectivity index (χ2n) is 11.2. The third-order valence-corrected chi connectivity index (χ3v) is 10.2. The Morgan fingerprint density at radius 1 is 1.17 bits per heavy atom. The fourth-order valence-electron chi connectivity index (χ4n) is 7.98. The summed E-state index contributed by atoms with van der Waals surface area (Å²) in [5.41, 5.74) is 1.84. The molecule has 30 heavy (non-hydrogen) atoms. The molecular formula is C25H37N3OS. The van der Waals surface area contributed by atoms with Crippen molar-refractivity contribution in [3.63, 3.8) is 0 Å². The number of rotatable bonds is 3. The van der Waals surface area contributed by atoms with Crippen LogP contribution >= 0.6 is 11.3 Å². The van der Waals surface area contributed by atoms with Gasteiger partial charge in [-0.2, -0.15) is 0 Å². The summed E-state index contributed by atoms with van der Waals surface area (Å²) in [6.45, 7) is 9.36. The SMILES string of the molecule is CC(C)Nc1nc(C2CC[C@H]3[C@@H]4CCC5N(C)C(=O)C=C[C@]5(C)[C@@H]4CC[C@]23C)cs1. The summed E-state index contributed by atoms with van der Waals surface area (Å²) < 4.78 is 0. The Morgan fingerprint density at radius 3 is 2.73 bits per heavy atom. The van der Waals surface area contributed by atoms with E-state index in [-0.39, 0.29) is 11.3 Å². The zero-order valence-corrected chi connectivity index (χ0v) is 20.0. The van der Waals surface area contributed by atoms with Gasteiger partial charge in [-0.25, -0.2) is 4.98 Å². The molecule has 3 saturated carbocycles. The highest BCUT2D eigenvalue weighted by atomic mass is 32.1. The van der Waals surface area contributed by atoms with E-state index in [1.165, 1.54) is 37.8 Å². The molecule has 164 valence electrons. The minimum atomic E-state index is 0.139. The van der Waals surface area contributed by atoms with Crippen molar-refractivity contribution in [1.29, 1.82) is 0 Å². The molecule has 1 aromatic heterocycles. The van der Waals surface area contributed by atoms with E-state index in [0.29, 0.717) is 29.3 Å². The summed E-state index contributed by atoms with van der Waals surface area (Å²) in [6.07, 6.45) is 11.8. The van der Waals surface area contributed by atoms with E-state index in [2.05, 4.69) is 44.5 Å². The van der Waals surface area contributed by atoms with Crippen molar-refractivity contribution in [3.8, 4) is 0 Å². The van der Waals surface area contributed by atoms with Crippen LogP contribution in [0.5, 0.6) is 0 Å². The lowest BCUT2D eigenvalue weighted by atomic mass is 9.47. The fraction of sp³-hybridized carbons (Fsp3) is 0.760. The number of hydrogen-bond donors (Lipinski definition) is 1. The Balaban J connectivity index is 1.41. The third-order valence-electron chi connectivity index (χ3n) is 9.42. The number of fused-ring (bicyclic) bond motifs is 5. The first kappa shape index (κ1) is 20.5. The molecule has 1 aromatic rings. The second kappa shape index (κ2) is 7.08. The number of hydrogen-bond acceptors (Lipinski definition) is 4. The highest BCUT2D eigenvalue weighted by molar-refractivity contribution is 7.13. The van der Waals surface area contributed by atoms with E-state index < -0.39 is 0 Å². The lowest BCUT2D eigenvalue weighted by molar-refractivity contribution is -0.138. The van der Waals surface area contributed by atoms with E-state index in [1.807, 2.05) is 18.0 Å². The van der Waals surface area contributed by atoms with Crippen LogP contribution in [0.3, 0.4) is 0 Å². The van der Waals surface area contributed by atoms with Crippen LogP contribution < -0.4 is 5.32 Å². The van der Waals surface area contributed by atoms with Crippen molar-refractivity contribution in [2.75, 3.05) is 12.4 Å². The molecule has 2 heterocycles. The van der Waals surface area contributed by atoms with Crippen LogP contribution in [0.15, 0.2) is 17.5 Å². The summed E-state index contributed by atoms with van der Waals surface area (Å²) in [6, 6.07) is 0.803. The number of aromatic nitrogens is 1. The van der Waals surface area contributed by atoms with Crippen LogP contribution in [-0.4, -0.2) is 34.9 Å². The predicted octanol–water partition coefficient (Wildman–Crippen LogP) is 5.69. The molecule has 0 spiro atoms. The molecule has 1 amide bonds. The minimum Gasteiger partial charge on any atom is -0.359 e. The van der Waals surface area contributed by atoms with Crippen LogP contribution in [0.25, 0.3) is 0 Å². The van der Waals surface area contributed by atoms with Gasteiger partial charge in [0.1, 0.15) is 0 Å². The number of likely N-dealkylation sites (N-methyl/N-ethyl adjacent to an activating group) is 1. The number of nitrogens with one attached hydrogen (secondary N) is 1. The van der Waals surface area contributed by atoms with Crippen molar-refractivity contribution < 1.29 is 4.79 Å². The maximum Gasteiger partial charge on any atom is 0.246 e. The number of carbonyl (C=O) groups excluding carboxylic acids is 1. The highest BCUT2D eigenvalue weighted by Crippen LogP contribution is 2.67. The van der Waals surface area contributed by atoms with Crippen molar-refractivity contribution in [1.82, 2.24) is 9.88 Å². The topological polar surface area (TPSA) is 45.2 Å². The maximum absolute atomic E-state index is 12.3. The van der Waals surface area contributed by atoms with E-state index >= 15 is 0 Å². The zero-order valence-electron chi connectivity index (χ0n) is 19.1. The summed E-state index contributed by atoms with van der Waals surface area (Å²) in [7, 11) is 2.01. The molecule has 1 aliphatic heterocycles. The maximum atomic E-state index is 12.3. The van der Waals surface area contributed by atoms with Crippen molar-refractivity contribution in [3.05, 3.63) is 23.2 Å². The molecule has 1 N–H and O–H groups in total. The molecule has 5 heteroatoms. The van der Waals surface area contributed by atoms with Crippen molar-refractivity contribution in [2.24, 2.45) is 28.6 Å². The van der Waals surface area contributed by atoms with Crippen molar-refractivity contribution >= 4 is 22.4 Å². The number of carbonyl (C=O) groups is 1. The predicted molar refractivity (Wildman–Crippen MR) is 124 cm³/mol. The van der Waals surface area contributed by atoms with Gasteiger partial charge in [-0.1, -0.05) is 19.9 Å². The average Bonchev–Trinajstić information content (AvgIpc) is 3.28. The van der Waals surface area contributed by atoms with Gasteiger partial charge in [0.05, 0.1) is 5.69 Å². The molecule has 3 aliphatic carbocycles. The first-order valence-corrected chi connectivity index (χ1v) is 12.8. The van der Waals surface area contributed by atoms with Gasteiger partial charge in [-0.05, 0) is 81.6 Å². The van der Waals surface area contributed by atoms with E-state index in [4.69, 9.17) is 4.98 Å². The number of nitrogens with zero attached hydrogens (tertiary/aromatic N) is 2. The van der Waals surface area contributed by atoms with Crippen LogP contribution in [-0.2, 0) is 4.79 Å². The Labute approximate surface area is 185 Å². The largest absolute Gasteiger partial charge is 0.359 e. The van der Waals surface area contributed by atoms with Gasteiger partial charge < -0.3 is 10.2 Å². The van der Waals surface area contributed by atoms with Gasteiger partial charge in [0, 0.05) is 35.8 Å². The molecule has 0 bridgehead atoms. The third kappa shape index (κ3) is 2.91. The highest BCUT2D eigenvalue weighted by Gasteiger charge is 2.60. The monoisotopic (exact) mass is 427 g/mol. The molecule has 4 aliphatic rings. The smallest absolute Gasteiger partial charge is 0.246 e. The Kier molecular flexibility index (Phi) is 4.85. The van der Waals surface area contributed by atoms with E-state index in [1.54, 1.807) is 11.3 Å². The quantitative estimate of drug-likeness (QED) is 0.674. The molecule has 0 saturated heterocycles. The van der Waals surface area contributed by atoms with E-state index in [9.17, 15) is 4.79 Å². The average molecular weight is 428 g/mol. The van der Waals surface area contributed by atoms with Gasteiger partial charge >= 0.3 is 0 Å². The van der Waals surface area contributed by atoms with Crippen LogP contribution in [0.4, 0.5) is 5.13 Å². The summed E-state index contributed by atoms with van der Waals surface area (Å²) in [5.74, 6) is 3.06. The lowest BCUT2D eigenvalue weighted by Gasteiger charge is -2.60. The molecule has 3 fully saturated rings. The molecular weight excluding hydrogens is 390 g/mol. The van der Waals surface area contributed by atoms with Crippen LogP contribution in [0.1, 0.15) is 77.8 Å². The second-order valence-corrected chi connectivity index (χ2v) is 12.0. The van der Waals surface area contributed by atoms with Gasteiger partial charge in [0.15, 0.2) is 5.13 Å². The van der Waals surface area contributed by atoms with Crippen LogP contribution in [0, 0.1) is 28.6 Å². The normalized spacial score (nSPS) is 42.8. The lowest BCUT2D eigenvalue weighted by Crippen LogP contribution is -2.59. The Morgan fingerprint density at radius 2 is 1.97 bits per heavy atom. The Bertz CT molecular complexity index is 862. The van der Waals surface area contributed by atoms with Gasteiger partial charge in [0.25, 0.3) is 0 Å². The fourth-order valence-corrected chi connectivity index (χ4v) is 8.89. The number of anilines is 1. The molecule has 5 rings (SSSR count). The molecule has 2 unspecified atom stereocenters. The Hall–Kier alpha value is -1.36. The molecule has 0 radical (unpaired) electrons. The summed E-state index contributed by atoms with van der Waals surface area (Å²) in [5, 5.41) is 6.88.